The Morgan fingerprint density at radius 2 is 1.70 bits per heavy atom. The molecule has 2 aromatic carbocycles. The van der Waals surface area contributed by atoms with Gasteiger partial charge in [-0.25, -0.2) is 4.39 Å². The zero-order chi connectivity index (χ0) is 14.7. The topological polar surface area (TPSA) is 74.6 Å². The van der Waals surface area contributed by atoms with Crippen LogP contribution in [0.25, 0.3) is 0 Å². The number of halogens is 1. The van der Waals surface area contributed by atoms with Crippen molar-refractivity contribution in [2.45, 2.75) is 6.42 Å². The van der Waals surface area contributed by atoms with E-state index in [0.29, 0.717) is 0 Å². The van der Waals surface area contributed by atoms with E-state index in [1.807, 2.05) is 0 Å². The van der Waals surface area contributed by atoms with E-state index in [2.05, 4.69) is 0 Å². The Labute approximate surface area is 114 Å². The predicted molar refractivity (Wildman–Crippen MR) is 69.3 cm³/mol. The Kier molecular flexibility index (Phi) is 3.79. The molecule has 0 radical (unpaired) electrons. The number of benzene rings is 2. The number of para-hydroxylation sites is 1. The molecule has 0 aliphatic heterocycles. The lowest BCUT2D eigenvalue weighted by molar-refractivity contribution is -0.136. The summed E-state index contributed by atoms with van der Waals surface area (Å²) in [6.07, 6.45) is -0.379. The van der Waals surface area contributed by atoms with Crippen LogP contribution in [0.15, 0.2) is 42.5 Å². The largest absolute Gasteiger partial charge is 0.507 e. The van der Waals surface area contributed by atoms with Gasteiger partial charge in [0.2, 0.25) is 0 Å². The van der Waals surface area contributed by atoms with Crippen molar-refractivity contribution in [2.75, 3.05) is 0 Å². The van der Waals surface area contributed by atoms with Gasteiger partial charge in [-0.05, 0) is 30.3 Å². The maximum Gasteiger partial charge on any atom is 0.307 e. The lowest BCUT2D eigenvalue weighted by Crippen LogP contribution is -2.05. The van der Waals surface area contributed by atoms with Crippen LogP contribution < -0.4 is 0 Å². The van der Waals surface area contributed by atoms with Crippen molar-refractivity contribution in [3.63, 3.8) is 0 Å². The zero-order valence-electron chi connectivity index (χ0n) is 10.3. The molecule has 0 fully saturated rings. The fourth-order valence-electron chi connectivity index (χ4n) is 1.84. The molecule has 0 unspecified atom stereocenters. The average Bonchev–Trinajstić information content (AvgIpc) is 2.41. The molecule has 20 heavy (non-hydrogen) atoms. The minimum atomic E-state index is -1.10. The van der Waals surface area contributed by atoms with Crippen molar-refractivity contribution >= 4 is 11.8 Å². The molecule has 4 nitrogen and oxygen atoms in total. The molecule has 0 bridgehead atoms. The highest BCUT2D eigenvalue weighted by molar-refractivity contribution is 6.10. The highest BCUT2D eigenvalue weighted by Gasteiger charge is 2.17. The molecular weight excluding hydrogens is 263 g/mol. The summed E-state index contributed by atoms with van der Waals surface area (Å²) in [5.74, 6) is -2.42. The normalized spacial score (nSPS) is 10.2. The molecule has 2 aromatic rings. The van der Waals surface area contributed by atoms with Gasteiger partial charge in [0.25, 0.3) is 0 Å². The van der Waals surface area contributed by atoms with Crippen LogP contribution in [0.4, 0.5) is 4.39 Å². The van der Waals surface area contributed by atoms with E-state index in [1.165, 1.54) is 30.3 Å². The summed E-state index contributed by atoms with van der Waals surface area (Å²) in [5.41, 5.74) is 0.370. The van der Waals surface area contributed by atoms with E-state index >= 15 is 0 Å². The Hall–Kier alpha value is -2.69. The second kappa shape index (κ2) is 5.52. The standard InChI is InChI=1S/C15H11FO4/c16-11-6-4-9(5-7-11)14(19)12-3-1-2-10(15(12)20)8-13(17)18/h1-7,20H,8H2,(H,17,18). The number of hydrogen-bond donors (Lipinski definition) is 2. The molecule has 0 saturated heterocycles. The molecule has 0 heterocycles. The first-order chi connectivity index (χ1) is 9.49. The van der Waals surface area contributed by atoms with Gasteiger partial charge < -0.3 is 10.2 Å². The number of carbonyl (C=O) groups excluding carboxylic acids is 1. The summed E-state index contributed by atoms with van der Waals surface area (Å²) in [4.78, 5) is 22.9. The van der Waals surface area contributed by atoms with Crippen molar-refractivity contribution in [2.24, 2.45) is 0 Å². The second-order valence-corrected chi connectivity index (χ2v) is 4.22. The summed E-state index contributed by atoms with van der Waals surface area (Å²) in [6.45, 7) is 0. The van der Waals surface area contributed by atoms with Crippen molar-refractivity contribution < 1.29 is 24.2 Å². The van der Waals surface area contributed by atoms with Gasteiger partial charge in [-0.3, -0.25) is 9.59 Å². The van der Waals surface area contributed by atoms with Crippen molar-refractivity contribution in [3.8, 4) is 5.75 Å². The molecular formula is C15H11FO4. The van der Waals surface area contributed by atoms with E-state index < -0.39 is 17.6 Å². The van der Waals surface area contributed by atoms with Crippen molar-refractivity contribution in [1.82, 2.24) is 0 Å². The van der Waals surface area contributed by atoms with Gasteiger partial charge in [-0.15, -0.1) is 0 Å². The summed E-state index contributed by atoms with van der Waals surface area (Å²) in [7, 11) is 0. The third kappa shape index (κ3) is 2.83. The van der Waals surface area contributed by atoms with Crippen LogP contribution in [-0.2, 0) is 11.2 Å². The van der Waals surface area contributed by atoms with Crippen molar-refractivity contribution in [1.29, 1.82) is 0 Å². The molecule has 0 atom stereocenters. The molecule has 0 aliphatic carbocycles. The van der Waals surface area contributed by atoms with Crippen LogP contribution in [0, 0.1) is 5.82 Å². The number of carboxylic acid groups (broad SMARTS) is 1. The van der Waals surface area contributed by atoms with Crippen LogP contribution in [0.2, 0.25) is 0 Å². The third-order valence-electron chi connectivity index (χ3n) is 2.81. The molecule has 0 saturated carbocycles. The highest BCUT2D eigenvalue weighted by atomic mass is 19.1. The number of aliphatic carboxylic acids is 1. The monoisotopic (exact) mass is 274 g/mol. The maximum atomic E-state index is 12.8. The van der Waals surface area contributed by atoms with E-state index in [-0.39, 0.29) is 28.9 Å². The second-order valence-electron chi connectivity index (χ2n) is 4.22. The first-order valence-corrected chi connectivity index (χ1v) is 5.82. The Morgan fingerprint density at radius 3 is 2.30 bits per heavy atom. The Morgan fingerprint density at radius 1 is 1.05 bits per heavy atom. The molecule has 2 N–H and O–H groups in total. The number of aromatic hydroxyl groups is 1. The van der Waals surface area contributed by atoms with Crippen LogP contribution in [-0.4, -0.2) is 22.0 Å². The Balaban J connectivity index is 2.39. The molecule has 0 amide bonds. The third-order valence-corrected chi connectivity index (χ3v) is 2.81. The SMILES string of the molecule is O=C(O)Cc1cccc(C(=O)c2ccc(F)cc2)c1O. The van der Waals surface area contributed by atoms with Gasteiger partial charge >= 0.3 is 5.97 Å². The lowest BCUT2D eigenvalue weighted by Gasteiger charge is -2.07. The number of carboxylic acids is 1. The van der Waals surface area contributed by atoms with E-state index in [0.717, 1.165) is 12.1 Å². The smallest absolute Gasteiger partial charge is 0.307 e. The zero-order valence-corrected chi connectivity index (χ0v) is 10.3. The average molecular weight is 274 g/mol. The van der Waals surface area contributed by atoms with Crippen LogP contribution in [0.5, 0.6) is 5.75 Å². The quantitative estimate of drug-likeness (QED) is 0.839. The molecule has 0 spiro atoms. The van der Waals surface area contributed by atoms with Gasteiger partial charge in [-0.1, -0.05) is 12.1 Å². The van der Waals surface area contributed by atoms with Crippen LogP contribution >= 0.6 is 0 Å². The highest BCUT2D eigenvalue weighted by Crippen LogP contribution is 2.25. The molecule has 0 aliphatic rings. The fraction of sp³-hybridized carbons (Fsp3) is 0.0667. The minimum absolute atomic E-state index is 0.00430. The first-order valence-electron chi connectivity index (χ1n) is 5.82. The predicted octanol–water partition coefficient (Wildman–Crippen LogP) is 2.39. The summed E-state index contributed by atoms with van der Waals surface area (Å²) in [5, 5.41) is 18.7. The van der Waals surface area contributed by atoms with E-state index in [1.54, 1.807) is 0 Å². The van der Waals surface area contributed by atoms with Gasteiger partial charge in [0.05, 0.1) is 12.0 Å². The molecule has 5 heteroatoms. The minimum Gasteiger partial charge on any atom is -0.507 e. The van der Waals surface area contributed by atoms with Crippen LogP contribution in [0.1, 0.15) is 21.5 Å². The Bertz CT molecular complexity index is 662. The van der Waals surface area contributed by atoms with Gasteiger partial charge in [0.15, 0.2) is 5.78 Å². The summed E-state index contributed by atoms with van der Waals surface area (Å²) < 4.78 is 12.8. The number of phenolic OH excluding ortho intramolecular Hbond substituents is 1. The molecule has 2 rings (SSSR count). The lowest BCUT2D eigenvalue weighted by atomic mass is 9.99. The molecule has 102 valence electrons. The number of phenols is 1. The van der Waals surface area contributed by atoms with E-state index in [9.17, 15) is 19.1 Å². The number of hydrogen-bond acceptors (Lipinski definition) is 3. The van der Waals surface area contributed by atoms with Gasteiger partial charge in [-0.2, -0.15) is 0 Å². The first kappa shape index (κ1) is 13.7. The maximum absolute atomic E-state index is 12.8. The summed E-state index contributed by atoms with van der Waals surface area (Å²) in [6, 6.07) is 9.23. The van der Waals surface area contributed by atoms with Crippen LogP contribution in [0.3, 0.4) is 0 Å². The molecule has 0 aromatic heterocycles. The van der Waals surface area contributed by atoms with Gasteiger partial charge in [0.1, 0.15) is 11.6 Å². The number of carbonyl (C=O) groups is 2. The summed E-state index contributed by atoms with van der Waals surface area (Å²) >= 11 is 0. The fourth-order valence-corrected chi connectivity index (χ4v) is 1.84. The van der Waals surface area contributed by atoms with E-state index in [4.69, 9.17) is 5.11 Å². The number of rotatable bonds is 4. The van der Waals surface area contributed by atoms with Crippen molar-refractivity contribution in [3.05, 3.63) is 65.0 Å². The number of ketones is 1. The van der Waals surface area contributed by atoms with Gasteiger partial charge in [0, 0.05) is 11.1 Å².